The van der Waals surface area contributed by atoms with Crippen molar-refractivity contribution in [2.75, 3.05) is 13.1 Å². The van der Waals surface area contributed by atoms with Crippen molar-refractivity contribution in [3.8, 4) is 0 Å². The van der Waals surface area contributed by atoms with Crippen LogP contribution in [0.5, 0.6) is 0 Å². The van der Waals surface area contributed by atoms with Gasteiger partial charge in [-0.15, -0.1) is 11.3 Å². The lowest BCUT2D eigenvalue weighted by molar-refractivity contribution is -0.121. The molecule has 0 saturated heterocycles. The second-order valence-electron chi connectivity index (χ2n) is 6.29. The molecule has 6 heteroatoms. The summed E-state index contributed by atoms with van der Waals surface area (Å²) in [5, 5.41) is 9.62. The molecule has 1 heterocycles. The second kappa shape index (κ2) is 10.3. The lowest BCUT2D eigenvalue weighted by Crippen LogP contribution is -2.41. The van der Waals surface area contributed by atoms with Crippen LogP contribution < -0.4 is 16.0 Å². The smallest absolute Gasteiger partial charge is 0.221 e. The number of nitrogens with zero attached hydrogens (tertiary/aromatic N) is 1. The third kappa shape index (κ3) is 6.91. The first kappa shape index (κ1) is 18.8. The Hall–Kier alpha value is -1.56. The Morgan fingerprint density at radius 2 is 2.04 bits per heavy atom. The van der Waals surface area contributed by atoms with Gasteiger partial charge in [-0.05, 0) is 38.8 Å². The van der Waals surface area contributed by atoms with Crippen LogP contribution in [0.2, 0.25) is 0 Å². The number of carbonyl (C=O) groups is 1. The van der Waals surface area contributed by atoms with Gasteiger partial charge in [-0.1, -0.05) is 19.3 Å². The molecule has 0 spiro atoms. The number of carbonyl (C=O) groups excluding carboxylic acids is 1. The van der Waals surface area contributed by atoms with E-state index in [1.165, 1.54) is 29.0 Å². The molecule has 1 saturated carbocycles. The minimum Gasteiger partial charge on any atom is -0.357 e. The molecule has 5 nitrogen and oxygen atoms in total. The molecule has 0 atom stereocenters. The maximum atomic E-state index is 12.0. The molecule has 1 amide bonds. The van der Waals surface area contributed by atoms with Gasteiger partial charge < -0.3 is 16.0 Å². The molecule has 0 bridgehead atoms. The fraction of sp³-hybridized carbons (Fsp3) is 0.667. The number of nitrogens with one attached hydrogen (secondary N) is 3. The third-order valence-electron chi connectivity index (χ3n) is 4.15. The van der Waals surface area contributed by atoms with E-state index in [-0.39, 0.29) is 5.91 Å². The molecule has 0 radical (unpaired) electrons. The van der Waals surface area contributed by atoms with E-state index in [9.17, 15) is 4.79 Å². The molecule has 1 aromatic rings. The summed E-state index contributed by atoms with van der Waals surface area (Å²) in [5.74, 6) is 0.910. The average Bonchev–Trinajstić information content (AvgIpc) is 2.99. The van der Waals surface area contributed by atoms with Crippen molar-refractivity contribution in [3.05, 3.63) is 21.9 Å². The summed E-state index contributed by atoms with van der Waals surface area (Å²) in [4.78, 5) is 19.2. The zero-order valence-corrected chi connectivity index (χ0v) is 15.7. The fourth-order valence-corrected chi connectivity index (χ4v) is 3.72. The number of aryl methyl sites for hydroxylation is 1. The summed E-state index contributed by atoms with van der Waals surface area (Å²) in [6, 6.07) is 4.62. The van der Waals surface area contributed by atoms with Crippen LogP contribution in [0.25, 0.3) is 0 Å². The monoisotopic (exact) mass is 350 g/mol. The Balaban J connectivity index is 1.71. The highest BCUT2D eigenvalue weighted by molar-refractivity contribution is 7.11. The van der Waals surface area contributed by atoms with E-state index in [2.05, 4.69) is 40.0 Å². The zero-order chi connectivity index (χ0) is 17.2. The first-order chi connectivity index (χ1) is 11.7. The standard InChI is InChI=1S/C18H30N4OS/c1-3-19-18(21-13-16-10-9-14(2)24-16)20-12-11-17(23)22-15-7-5-4-6-8-15/h9-10,15H,3-8,11-13H2,1-2H3,(H,22,23)(H2,19,20,21). The molecular formula is C18H30N4OS. The normalized spacial score (nSPS) is 16.0. The quantitative estimate of drug-likeness (QED) is 0.523. The summed E-state index contributed by atoms with van der Waals surface area (Å²) < 4.78 is 0. The molecule has 1 aliphatic carbocycles. The van der Waals surface area contributed by atoms with Crippen molar-refractivity contribution in [2.45, 2.75) is 65.0 Å². The molecule has 24 heavy (non-hydrogen) atoms. The van der Waals surface area contributed by atoms with Crippen molar-refractivity contribution in [1.82, 2.24) is 16.0 Å². The van der Waals surface area contributed by atoms with E-state index in [1.807, 2.05) is 6.92 Å². The number of hydrogen-bond donors (Lipinski definition) is 3. The molecule has 0 unspecified atom stereocenters. The zero-order valence-electron chi connectivity index (χ0n) is 14.9. The van der Waals surface area contributed by atoms with Crippen LogP contribution >= 0.6 is 11.3 Å². The highest BCUT2D eigenvalue weighted by Gasteiger charge is 2.15. The first-order valence-corrected chi connectivity index (χ1v) is 9.86. The van der Waals surface area contributed by atoms with Crippen molar-refractivity contribution in [2.24, 2.45) is 4.99 Å². The molecule has 0 aliphatic heterocycles. The minimum atomic E-state index is 0.138. The third-order valence-corrected chi connectivity index (χ3v) is 5.13. The van der Waals surface area contributed by atoms with Crippen molar-refractivity contribution >= 4 is 23.2 Å². The van der Waals surface area contributed by atoms with Crippen LogP contribution in [-0.2, 0) is 11.3 Å². The van der Waals surface area contributed by atoms with Crippen molar-refractivity contribution in [1.29, 1.82) is 0 Å². The van der Waals surface area contributed by atoms with Gasteiger partial charge in [0, 0.05) is 35.3 Å². The molecule has 1 aromatic heterocycles. The van der Waals surface area contributed by atoms with Crippen LogP contribution in [0.1, 0.15) is 55.2 Å². The number of thiophene rings is 1. The highest BCUT2D eigenvalue weighted by Crippen LogP contribution is 2.17. The molecule has 134 valence electrons. The highest BCUT2D eigenvalue weighted by atomic mass is 32.1. The van der Waals surface area contributed by atoms with Crippen LogP contribution in [0.4, 0.5) is 0 Å². The summed E-state index contributed by atoms with van der Waals surface area (Å²) in [6.07, 6.45) is 6.53. The van der Waals surface area contributed by atoms with E-state index in [0.29, 0.717) is 25.6 Å². The van der Waals surface area contributed by atoms with Crippen LogP contribution in [-0.4, -0.2) is 31.0 Å². The van der Waals surface area contributed by atoms with E-state index < -0.39 is 0 Å². The summed E-state index contributed by atoms with van der Waals surface area (Å²) in [5.41, 5.74) is 0. The van der Waals surface area contributed by atoms with Gasteiger partial charge >= 0.3 is 0 Å². The predicted molar refractivity (Wildman–Crippen MR) is 102 cm³/mol. The van der Waals surface area contributed by atoms with Gasteiger partial charge in [0.15, 0.2) is 5.96 Å². The van der Waals surface area contributed by atoms with Crippen molar-refractivity contribution < 1.29 is 4.79 Å². The Bertz CT molecular complexity index is 535. The Kier molecular flexibility index (Phi) is 8.08. The first-order valence-electron chi connectivity index (χ1n) is 9.04. The van der Waals surface area contributed by atoms with Gasteiger partial charge in [0.1, 0.15) is 0 Å². The fourth-order valence-electron chi connectivity index (χ4n) is 2.91. The Morgan fingerprint density at radius 1 is 1.25 bits per heavy atom. The minimum absolute atomic E-state index is 0.138. The van der Waals surface area contributed by atoms with Gasteiger partial charge in [-0.2, -0.15) is 0 Å². The van der Waals surface area contributed by atoms with Gasteiger partial charge in [0.05, 0.1) is 6.54 Å². The maximum absolute atomic E-state index is 12.0. The topological polar surface area (TPSA) is 65.5 Å². The summed E-state index contributed by atoms with van der Waals surface area (Å²) >= 11 is 1.77. The van der Waals surface area contributed by atoms with E-state index in [1.54, 1.807) is 11.3 Å². The molecule has 0 aromatic carbocycles. The number of amides is 1. The lowest BCUT2D eigenvalue weighted by Gasteiger charge is -2.22. The SMILES string of the molecule is CCNC(=NCc1ccc(C)s1)NCCC(=O)NC1CCCCC1. The number of aliphatic imine (C=N–C) groups is 1. The van der Waals surface area contributed by atoms with Crippen LogP contribution in [0.3, 0.4) is 0 Å². The van der Waals surface area contributed by atoms with Gasteiger partial charge in [0.2, 0.25) is 5.91 Å². The van der Waals surface area contributed by atoms with Gasteiger partial charge in [-0.25, -0.2) is 4.99 Å². The van der Waals surface area contributed by atoms with Gasteiger partial charge in [0.25, 0.3) is 0 Å². The second-order valence-corrected chi connectivity index (χ2v) is 7.66. The van der Waals surface area contributed by atoms with E-state index >= 15 is 0 Å². The molecular weight excluding hydrogens is 320 g/mol. The van der Waals surface area contributed by atoms with Crippen molar-refractivity contribution in [3.63, 3.8) is 0 Å². The Morgan fingerprint density at radius 3 is 2.71 bits per heavy atom. The number of hydrogen-bond acceptors (Lipinski definition) is 3. The summed E-state index contributed by atoms with van der Waals surface area (Å²) in [6.45, 7) is 6.23. The molecule has 1 aliphatic rings. The molecule has 2 rings (SSSR count). The van der Waals surface area contributed by atoms with Crippen LogP contribution in [0, 0.1) is 6.92 Å². The predicted octanol–water partition coefficient (Wildman–Crippen LogP) is 2.95. The average molecular weight is 351 g/mol. The number of guanidine groups is 1. The number of rotatable bonds is 7. The van der Waals surface area contributed by atoms with Gasteiger partial charge in [-0.3, -0.25) is 4.79 Å². The van der Waals surface area contributed by atoms with Crippen LogP contribution in [0.15, 0.2) is 17.1 Å². The maximum Gasteiger partial charge on any atom is 0.221 e. The summed E-state index contributed by atoms with van der Waals surface area (Å²) in [7, 11) is 0. The Labute approximate surface area is 149 Å². The van der Waals surface area contributed by atoms with E-state index in [0.717, 1.165) is 25.3 Å². The largest absolute Gasteiger partial charge is 0.357 e. The molecule has 3 N–H and O–H groups in total. The van der Waals surface area contributed by atoms with E-state index in [4.69, 9.17) is 0 Å². The lowest BCUT2D eigenvalue weighted by atomic mass is 9.95. The molecule has 1 fully saturated rings.